The molecule has 0 aliphatic carbocycles. The highest BCUT2D eigenvalue weighted by Crippen LogP contribution is 2.27. The largest absolute Gasteiger partial charge is 0.369 e. The molecule has 1 unspecified atom stereocenters. The van der Waals surface area contributed by atoms with Gasteiger partial charge in [0.05, 0.1) is 5.69 Å². The molecule has 2 nitrogen and oxygen atoms in total. The minimum absolute atomic E-state index is 0.158. The van der Waals surface area contributed by atoms with Crippen LogP contribution >= 0.6 is 0 Å². The summed E-state index contributed by atoms with van der Waals surface area (Å²) in [5, 5.41) is 3.34. The molecule has 106 valence electrons. The van der Waals surface area contributed by atoms with Crippen LogP contribution in [0.2, 0.25) is 0 Å². The number of hydrogen-bond acceptors (Lipinski definition) is 2. The normalized spacial score (nSPS) is 19.5. The average Bonchev–Trinajstić information content (AvgIpc) is 2.80. The molecule has 1 atom stereocenters. The number of halogens is 3. The van der Waals surface area contributed by atoms with Crippen LogP contribution in [-0.4, -0.2) is 25.7 Å². The summed E-state index contributed by atoms with van der Waals surface area (Å²) in [6.07, 6.45) is 0.929. The topological polar surface area (TPSA) is 15.3 Å². The van der Waals surface area contributed by atoms with E-state index < -0.39 is 17.5 Å². The van der Waals surface area contributed by atoms with Crippen molar-refractivity contribution in [3.05, 3.63) is 29.6 Å². The van der Waals surface area contributed by atoms with E-state index in [9.17, 15) is 13.2 Å². The molecule has 1 aromatic rings. The Labute approximate surface area is 111 Å². The first-order chi connectivity index (χ1) is 8.97. The van der Waals surface area contributed by atoms with Gasteiger partial charge >= 0.3 is 0 Å². The Kier molecular flexibility index (Phi) is 4.34. The van der Waals surface area contributed by atoms with E-state index in [-0.39, 0.29) is 5.69 Å². The summed E-state index contributed by atoms with van der Waals surface area (Å²) in [5.74, 6) is -2.43. The van der Waals surface area contributed by atoms with Crippen molar-refractivity contribution in [1.29, 1.82) is 0 Å². The maximum atomic E-state index is 13.7. The molecule has 1 heterocycles. The van der Waals surface area contributed by atoms with Gasteiger partial charge in [0.2, 0.25) is 0 Å². The van der Waals surface area contributed by atoms with E-state index >= 15 is 0 Å². The van der Waals surface area contributed by atoms with Crippen molar-refractivity contribution in [3.8, 4) is 0 Å². The molecule has 0 spiro atoms. The van der Waals surface area contributed by atoms with Gasteiger partial charge in [-0.05, 0) is 18.9 Å². The van der Waals surface area contributed by atoms with Crippen molar-refractivity contribution in [2.24, 2.45) is 5.92 Å². The molecular formula is C14H19F3N2. The molecule has 0 aromatic heterocycles. The number of nitrogens with zero attached hydrogens (tertiary/aromatic N) is 1. The minimum atomic E-state index is -1.14. The number of benzene rings is 1. The molecule has 0 saturated carbocycles. The van der Waals surface area contributed by atoms with Gasteiger partial charge in [-0.1, -0.05) is 13.8 Å². The zero-order chi connectivity index (χ0) is 14.0. The maximum Gasteiger partial charge on any atom is 0.161 e. The fraction of sp³-hybridized carbons (Fsp3) is 0.571. The van der Waals surface area contributed by atoms with Crippen molar-refractivity contribution in [1.82, 2.24) is 5.32 Å². The highest BCUT2D eigenvalue weighted by atomic mass is 19.2. The highest BCUT2D eigenvalue weighted by molar-refractivity contribution is 5.49. The Hall–Kier alpha value is -1.23. The predicted octanol–water partition coefficient (Wildman–Crippen LogP) is 2.93. The molecule has 19 heavy (non-hydrogen) atoms. The molecule has 0 radical (unpaired) electrons. The van der Waals surface area contributed by atoms with Crippen LogP contribution in [-0.2, 0) is 0 Å². The van der Waals surface area contributed by atoms with Gasteiger partial charge in [0, 0.05) is 31.3 Å². The summed E-state index contributed by atoms with van der Waals surface area (Å²) < 4.78 is 39.7. The van der Waals surface area contributed by atoms with Crippen LogP contribution in [0.4, 0.5) is 18.9 Å². The van der Waals surface area contributed by atoms with Crippen LogP contribution < -0.4 is 10.2 Å². The number of nitrogens with one attached hydrogen (secondary N) is 1. The van der Waals surface area contributed by atoms with Crippen LogP contribution in [0.15, 0.2) is 12.1 Å². The molecule has 5 heteroatoms. The van der Waals surface area contributed by atoms with Crippen molar-refractivity contribution < 1.29 is 13.2 Å². The first-order valence-electron chi connectivity index (χ1n) is 6.60. The molecule has 0 amide bonds. The van der Waals surface area contributed by atoms with E-state index in [1.807, 2.05) is 0 Å². The van der Waals surface area contributed by atoms with Gasteiger partial charge in [-0.15, -0.1) is 0 Å². The Morgan fingerprint density at radius 3 is 2.58 bits per heavy atom. The molecule has 1 aliphatic heterocycles. The van der Waals surface area contributed by atoms with Crippen molar-refractivity contribution >= 4 is 5.69 Å². The molecular weight excluding hydrogens is 253 g/mol. The van der Waals surface area contributed by atoms with Gasteiger partial charge in [0.15, 0.2) is 11.6 Å². The molecule has 0 bridgehead atoms. The first kappa shape index (κ1) is 14.2. The lowest BCUT2D eigenvalue weighted by Gasteiger charge is -2.20. The molecule has 1 aromatic carbocycles. The lowest BCUT2D eigenvalue weighted by molar-refractivity contribution is 0.478. The number of anilines is 1. The van der Waals surface area contributed by atoms with Crippen LogP contribution in [0, 0.1) is 23.4 Å². The summed E-state index contributed by atoms with van der Waals surface area (Å²) in [7, 11) is 0. The van der Waals surface area contributed by atoms with E-state index in [4.69, 9.17) is 0 Å². The standard InChI is InChI=1S/C14H19F3N2/c1-9(2)18-7-10-3-4-19(8-10)14-6-12(16)11(15)5-13(14)17/h5-6,9-10,18H,3-4,7-8H2,1-2H3. The van der Waals surface area contributed by atoms with E-state index in [0.29, 0.717) is 31.1 Å². The van der Waals surface area contributed by atoms with Gasteiger partial charge < -0.3 is 10.2 Å². The summed E-state index contributed by atoms with van der Waals surface area (Å²) >= 11 is 0. The zero-order valence-electron chi connectivity index (χ0n) is 11.2. The summed E-state index contributed by atoms with van der Waals surface area (Å²) in [4.78, 5) is 1.78. The average molecular weight is 272 g/mol. The summed E-state index contributed by atoms with van der Waals surface area (Å²) in [5.41, 5.74) is 0.158. The van der Waals surface area contributed by atoms with Crippen molar-refractivity contribution in [2.45, 2.75) is 26.3 Å². The minimum Gasteiger partial charge on any atom is -0.369 e. The number of rotatable bonds is 4. The quantitative estimate of drug-likeness (QED) is 0.848. The maximum absolute atomic E-state index is 13.7. The second-order valence-electron chi connectivity index (χ2n) is 5.38. The lowest BCUT2D eigenvalue weighted by Crippen LogP contribution is -2.30. The van der Waals surface area contributed by atoms with Crippen molar-refractivity contribution in [2.75, 3.05) is 24.5 Å². The Morgan fingerprint density at radius 2 is 1.89 bits per heavy atom. The third-order valence-corrected chi connectivity index (χ3v) is 3.43. The SMILES string of the molecule is CC(C)NCC1CCN(c2cc(F)c(F)cc2F)C1. The highest BCUT2D eigenvalue weighted by Gasteiger charge is 2.25. The summed E-state index contributed by atoms with van der Waals surface area (Å²) in [6.45, 7) is 6.34. The first-order valence-corrected chi connectivity index (χ1v) is 6.60. The molecule has 1 N–H and O–H groups in total. The van der Waals surface area contributed by atoms with Crippen LogP contribution in [0.25, 0.3) is 0 Å². The van der Waals surface area contributed by atoms with E-state index in [1.165, 1.54) is 0 Å². The second-order valence-corrected chi connectivity index (χ2v) is 5.38. The molecule has 1 aliphatic rings. The van der Waals surface area contributed by atoms with Gasteiger partial charge in [-0.2, -0.15) is 0 Å². The molecule has 1 saturated heterocycles. The van der Waals surface area contributed by atoms with Crippen LogP contribution in [0.1, 0.15) is 20.3 Å². The van der Waals surface area contributed by atoms with Crippen molar-refractivity contribution in [3.63, 3.8) is 0 Å². The molecule has 1 fully saturated rings. The zero-order valence-corrected chi connectivity index (χ0v) is 11.2. The van der Waals surface area contributed by atoms with Gasteiger partial charge in [-0.3, -0.25) is 0 Å². The summed E-state index contributed by atoms with van der Waals surface area (Å²) in [6, 6.07) is 1.97. The third-order valence-electron chi connectivity index (χ3n) is 3.43. The van der Waals surface area contributed by atoms with Gasteiger partial charge in [-0.25, -0.2) is 13.2 Å². The Balaban J connectivity index is 2.02. The Morgan fingerprint density at radius 1 is 1.21 bits per heavy atom. The molecule has 2 rings (SSSR count). The van der Waals surface area contributed by atoms with Gasteiger partial charge in [0.1, 0.15) is 5.82 Å². The Bertz CT molecular complexity index is 449. The third kappa shape index (κ3) is 3.41. The van der Waals surface area contributed by atoms with E-state index in [2.05, 4.69) is 19.2 Å². The lowest BCUT2D eigenvalue weighted by atomic mass is 10.1. The van der Waals surface area contributed by atoms with E-state index in [1.54, 1.807) is 4.90 Å². The van der Waals surface area contributed by atoms with E-state index in [0.717, 1.165) is 19.0 Å². The van der Waals surface area contributed by atoms with Crippen LogP contribution in [0.5, 0.6) is 0 Å². The number of hydrogen-bond donors (Lipinski definition) is 1. The smallest absolute Gasteiger partial charge is 0.161 e. The fourth-order valence-corrected chi connectivity index (χ4v) is 2.37. The fourth-order valence-electron chi connectivity index (χ4n) is 2.37. The monoisotopic (exact) mass is 272 g/mol. The van der Waals surface area contributed by atoms with Crippen LogP contribution in [0.3, 0.4) is 0 Å². The second kappa shape index (κ2) is 5.82. The predicted molar refractivity (Wildman–Crippen MR) is 69.8 cm³/mol. The van der Waals surface area contributed by atoms with Gasteiger partial charge in [0.25, 0.3) is 0 Å².